The first-order valence-corrected chi connectivity index (χ1v) is 10.5. The summed E-state index contributed by atoms with van der Waals surface area (Å²) in [6.45, 7) is 0.495. The minimum atomic E-state index is -0.835. The monoisotopic (exact) mass is 408 g/mol. The molecule has 4 nitrogen and oxygen atoms in total. The van der Waals surface area contributed by atoms with E-state index < -0.39 is 12.0 Å². The highest BCUT2D eigenvalue weighted by Gasteiger charge is 2.34. The number of aromatic nitrogens is 1. The van der Waals surface area contributed by atoms with Crippen molar-refractivity contribution in [3.8, 4) is 0 Å². The number of thiocarbonyl (C=S) groups is 1. The van der Waals surface area contributed by atoms with Crippen LogP contribution in [0, 0.1) is 0 Å². The Morgan fingerprint density at radius 2 is 1.96 bits per heavy atom. The maximum absolute atomic E-state index is 11.9. The molecule has 1 aromatic heterocycles. The summed E-state index contributed by atoms with van der Waals surface area (Å²) >= 11 is 7.09. The van der Waals surface area contributed by atoms with Crippen molar-refractivity contribution in [1.29, 1.82) is 0 Å². The van der Waals surface area contributed by atoms with Gasteiger partial charge in [-0.05, 0) is 17.2 Å². The van der Waals surface area contributed by atoms with E-state index in [1.807, 2.05) is 59.5 Å². The Labute approximate surface area is 173 Å². The van der Waals surface area contributed by atoms with E-state index >= 15 is 0 Å². The normalized spacial score (nSPS) is 16.4. The summed E-state index contributed by atoms with van der Waals surface area (Å²) in [4.78, 5) is 17.2. The lowest BCUT2D eigenvalue weighted by atomic mass is 9.97. The van der Waals surface area contributed by atoms with E-state index in [0.29, 0.717) is 23.0 Å². The second kappa shape index (κ2) is 8.20. The summed E-state index contributed by atoms with van der Waals surface area (Å²) in [5.74, 6) is -0.130. The summed E-state index contributed by atoms with van der Waals surface area (Å²) in [5, 5.41) is 10.9. The first-order valence-electron chi connectivity index (χ1n) is 9.10. The molecule has 0 fully saturated rings. The van der Waals surface area contributed by atoms with Crippen molar-refractivity contribution in [1.82, 2.24) is 9.88 Å². The zero-order valence-corrected chi connectivity index (χ0v) is 16.8. The van der Waals surface area contributed by atoms with E-state index in [-0.39, 0.29) is 0 Å². The number of fused-ring (bicyclic) bond motifs is 3. The van der Waals surface area contributed by atoms with Gasteiger partial charge in [0.05, 0.1) is 6.54 Å². The van der Waals surface area contributed by atoms with Gasteiger partial charge in [0.15, 0.2) is 0 Å². The molecule has 0 aliphatic carbocycles. The van der Waals surface area contributed by atoms with Crippen molar-refractivity contribution in [2.24, 2.45) is 0 Å². The first kappa shape index (κ1) is 18.8. The Morgan fingerprint density at radius 1 is 1.21 bits per heavy atom. The smallest absolute Gasteiger partial charge is 0.326 e. The van der Waals surface area contributed by atoms with Gasteiger partial charge >= 0.3 is 5.97 Å². The predicted octanol–water partition coefficient (Wildman–Crippen LogP) is 4.71. The van der Waals surface area contributed by atoms with Crippen LogP contribution in [0.1, 0.15) is 16.8 Å². The van der Waals surface area contributed by atoms with Crippen molar-refractivity contribution in [2.45, 2.75) is 19.0 Å². The molecule has 142 valence electrons. The van der Waals surface area contributed by atoms with Crippen molar-refractivity contribution in [2.75, 3.05) is 5.75 Å². The van der Waals surface area contributed by atoms with Crippen LogP contribution in [0.25, 0.3) is 17.0 Å². The topological polar surface area (TPSA) is 56.3 Å². The number of nitrogens with one attached hydrogen (secondary N) is 1. The molecule has 1 aliphatic heterocycles. The van der Waals surface area contributed by atoms with E-state index in [2.05, 4.69) is 17.1 Å². The molecule has 0 saturated heterocycles. The average molecular weight is 409 g/mol. The number of hydrogen-bond donors (Lipinski definition) is 2. The summed E-state index contributed by atoms with van der Waals surface area (Å²) in [6, 6.07) is 17.5. The third-order valence-corrected chi connectivity index (χ3v) is 6.37. The lowest BCUT2D eigenvalue weighted by Crippen LogP contribution is -2.47. The molecule has 2 heterocycles. The predicted molar refractivity (Wildman–Crippen MR) is 120 cm³/mol. The van der Waals surface area contributed by atoms with Gasteiger partial charge in [-0.3, -0.25) is 0 Å². The van der Waals surface area contributed by atoms with E-state index in [9.17, 15) is 9.90 Å². The molecule has 0 radical (unpaired) electrons. The highest BCUT2D eigenvalue weighted by atomic mass is 32.2. The van der Waals surface area contributed by atoms with Crippen LogP contribution < -0.4 is 0 Å². The third-order valence-electron chi connectivity index (χ3n) is 4.94. The molecule has 1 atom stereocenters. The Morgan fingerprint density at radius 3 is 2.75 bits per heavy atom. The third kappa shape index (κ3) is 3.84. The number of carbonyl (C=O) groups is 1. The fraction of sp³-hybridized carbons (Fsp3) is 0.182. The van der Waals surface area contributed by atoms with Gasteiger partial charge in [-0.2, -0.15) is 0 Å². The maximum atomic E-state index is 11.9. The minimum absolute atomic E-state index is 0.454. The maximum Gasteiger partial charge on any atom is 0.326 e. The molecule has 6 heteroatoms. The van der Waals surface area contributed by atoms with Crippen molar-refractivity contribution < 1.29 is 9.90 Å². The molecule has 4 rings (SSSR count). The summed E-state index contributed by atoms with van der Waals surface area (Å²) in [5.41, 5.74) is 4.33. The number of para-hydroxylation sites is 1. The molecular formula is C22H20N2O2S2. The number of thioether (sulfide) groups is 1. The minimum Gasteiger partial charge on any atom is -0.480 e. The molecule has 28 heavy (non-hydrogen) atoms. The lowest BCUT2D eigenvalue weighted by Gasteiger charge is -2.34. The zero-order valence-electron chi connectivity index (χ0n) is 15.2. The second-order valence-corrected chi connectivity index (χ2v) is 8.36. The highest BCUT2D eigenvalue weighted by Crippen LogP contribution is 2.32. The Hall–Kier alpha value is -2.57. The molecule has 1 aliphatic rings. The van der Waals surface area contributed by atoms with Crippen LogP contribution in [0.5, 0.6) is 0 Å². The van der Waals surface area contributed by atoms with E-state index in [4.69, 9.17) is 12.2 Å². The quantitative estimate of drug-likeness (QED) is 0.612. The largest absolute Gasteiger partial charge is 0.480 e. The van der Waals surface area contributed by atoms with Gasteiger partial charge in [0.1, 0.15) is 10.4 Å². The van der Waals surface area contributed by atoms with Crippen molar-refractivity contribution >= 4 is 51.2 Å². The van der Waals surface area contributed by atoms with Gasteiger partial charge in [0, 0.05) is 28.8 Å². The van der Waals surface area contributed by atoms with E-state index in [1.165, 1.54) is 11.8 Å². The van der Waals surface area contributed by atoms with Crippen LogP contribution in [-0.2, 0) is 17.8 Å². The Kier molecular flexibility index (Phi) is 5.50. The van der Waals surface area contributed by atoms with Crippen molar-refractivity contribution in [3.05, 3.63) is 77.5 Å². The fourth-order valence-electron chi connectivity index (χ4n) is 3.57. The number of H-pyrrole nitrogens is 1. The number of carboxylic acids is 1. The first-order chi connectivity index (χ1) is 13.6. The van der Waals surface area contributed by atoms with Crippen LogP contribution in [0.4, 0.5) is 0 Å². The number of carboxylic acid groups (broad SMARTS) is 1. The molecular weight excluding hydrogens is 388 g/mol. The molecule has 0 spiro atoms. The highest BCUT2D eigenvalue weighted by molar-refractivity contribution is 8.23. The number of benzene rings is 2. The van der Waals surface area contributed by atoms with Gasteiger partial charge in [-0.25, -0.2) is 4.79 Å². The van der Waals surface area contributed by atoms with Crippen LogP contribution in [0.3, 0.4) is 0 Å². The van der Waals surface area contributed by atoms with Crippen LogP contribution >= 0.6 is 24.0 Å². The fourth-order valence-corrected chi connectivity index (χ4v) is 4.66. The summed E-state index contributed by atoms with van der Waals surface area (Å²) < 4.78 is 0.620. The summed E-state index contributed by atoms with van der Waals surface area (Å²) in [7, 11) is 0. The molecule has 2 N–H and O–H groups in total. The van der Waals surface area contributed by atoms with Gasteiger partial charge in [0.25, 0.3) is 0 Å². The molecule has 0 bridgehead atoms. The van der Waals surface area contributed by atoms with Crippen LogP contribution in [-0.4, -0.2) is 37.1 Å². The molecule has 0 amide bonds. The molecule has 2 aromatic carbocycles. The standard InChI is InChI=1S/C22H20N2O2S2/c25-21(26)20-13-17-16-10-4-5-11-18(16)23-19(17)14-24(20)22(27)28-12-6-9-15-7-2-1-3-8-15/h1-11,20,23H,12-14H2,(H,25,26). The molecule has 0 saturated carbocycles. The SMILES string of the molecule is O=C(O)C1Cc2c([nH]c3ccccc23)CN1C(=S)SCC=Cc1ccccc1. The van der Waals surface area contributed by atoms with E-state index in [0.717, 1.165) is 27.7 Å². The number of aliphatic carboxylic acids is 1. The number of hydrogen-bond acceptors (Lipinski definition) is 3. The van der Waals surface area contributed by atoms with E-state index in [1.54, 1.807) is 0 Å². The van der Waals surface area contributed by atoms with Crippen LogP contribution in [0.15, 0.2) is 60.7 Å². The number of nitrogens with zero attached hydrogens (tertiary/aromatic N) is 1. The van der Waals surface area contributed by atoms with Gasteiger partial charge in [-0.1, -0.05) is 84.7 Å². The van der Waals surface area contributed by atoms with Gasteiger partial charge in [-0.15, -0.1) is 0 Å². The van der Waals surface area contributed by atoms with Crippen molar-refractivity contribution in [3.63, 3.8) is 0 Å². The Balaban J connectivity index is 1.48. The van der Waals surface area contributed by atoms with Crippen LogP contribution in [0.2, 0.25) is 0 Å². The lowest BCUT2D eigenvalue weighted by molar-refractivity contribution is -0.142. The number of rotatable bonds is 4. The Bertz CT molecular complexity index is 1040. The van der Waals surface area contributed by atoms with Gasteiger partial charge in [0.2, 0.25) is 0 Å². The number of aromatic amines is 1. The van der Waals surface area contributed by atoms with Gasteiger partial charge < -0.3 is 15.0 Å². The molecule has 1 unspecified atom stereocenters. The average Bonchev–Trinajstić information content (AvgIpc) is 3.08. The summed E-state index contributed by atoms with van der Waals surface area (Å²) in [6.07, 6.45) is 4.56. The second-order valence-electron chi connectivity index (χ2n) is 6.70. The zero-order chi connectivity index (χ0) is 19.5. The molecule has 3 aromatic rings.